The summed E-state index contributed by atoms with van der Waals surface area (Å²) < 4.78 is 26.7. The Morgan fingerprint density at radius 2 is 1.92 bits per heavy atom. The first-order chi connectivity index (χ1) is 11.9. The largest absolute Gasteiger partial charge is 0.506 e. The Kier molecular flexibility index (Phi) is 4.76. The highest BCUT2D eigenvalue weighted by molar-refractivity contribution is 7.14. The minimum Gasteiger partial charge on any atom is -0.506 e. The normalized spacial score (nSPS) is 10.7. The molecule has 0 atom stereocenters. The number of halogens is 2. The molecule has 25 heavy (non-hydrogen) atoms. The maximum atomic E-state index is 13.7. The van der Waals surface area contributed by atoms with Crippen molar-refractivity contribution < 1.29 is 18.7 Å². The molecule has 0 saturated carbocycles. The van der Waals surface area contributed by atoms with E-state index >= 15 is 0 Å². The summed E-state index contributed by atoms with van der Waals surface area (Å²) in [5.74, 6) is -1.92. The molecule has 0 aliphatic heterocycles. The molecule has 0 spiro atoms. The number of carbonyl (C=O) groups excluding carboxylic acids is 1. The maximum absolute atomic E-state index is 13.7. The van der Waals surface area contributed by atoms with Crippen LogP contribution in [0.15, 0.2) is 42.5 Å². The minimum atomic E-state index is -0.720. The number of nitrogens with one attached hydrogen (secondary N) is 1. The van der Waals surface area contributed by atoms with Gasteiger partial charge in [-0.05, 0) is 36.8 Å². The molecule has 0 aliphatic rings. The number of anilines is 1. The third kappa shape index (κ3) is 3.83. The van der Waals surface area contributed by atoms with Crippen molar-refractivity contribution in [3.8, 4) is 5.75 Å². The van der Waals surface area contributed by atoms with Crippen molar-refractivity contribution in [2.75, 3.05) is 5.32 Å². The van der Waals surface area contributed by atoms with E-state index in [1.54, 1.807) is 19.1 Å². The predicted molar refractivity (Wildman–Crippen MR) is 92.1 cm³/mol. The van der Waals surface area contributed by atoms with Gasteiger partial charge in [0, 0.05) is 6.42 Å². The summed E-state index contributed by atoms with van der Waals surface area (Å²) >= 11 is 1.18. The Morgan fingerprint density at radius 1 is 1.20 bits per heavy atom. The Hall–Kier alpha value is -2.80. The van der Waals surface area contributed by atoms with Crippen LogP contribution < -0.4 is 5.32 Å². The molecule has 3 aromatic rings. The fourth-order valence-corrected chi connectivity index (χ4v) is 3.32. The zero-order chi connectivity index (χ0) is 18.0. The van der Waals surface area contributed by atoms with E-state index in [9.17, 15) is 18.7 Å². The topological polar surface area (TPSA) is 62.2 Å². The van der Waals surface area contributed by atoms with E-state index in [2.05, 4.69) is 10.3 Å². The van der Waals surface area contributed by atoms with Gasteiger partial charge in [0.05, 0.1) is 10.7 Å². The van der Waals surface area contributed by atoms with Gasteiger partial charge in [-0.3, -0.25) is 4.79 Å². The third-order valence-electron chi connectivity index (χ3n) is 3.55. The zero-order valence-electron chi connectivity index (χ0n) is 13.2. The number of aromatic nitrogens is 1. The molecule has 0 radical (unpaired) electrons. The van der Waals surface area contributed by atoms with E-state index in [1.165, 1.54) is 35.6 Å². The van der Waals surface area contributed by atoms with Crippen LogP contribution in [0.2, 0.25) is 0 Å². The lowest BCUT2D eigenvalue weighted by Gasteiger charge is -2.07. The minimum absolute atomic E-state index is 0.264. The molecule has 128 valence electrons. The summed E-state index contributed by atoms with van der Waals surface area (Å²) in [7, 11) is 0. The summed E-state index contributed by atoms with van der Waals surface area (Å²) in [5.41, 5.74) is 1.12. The zero-order valence-corrected chi connectivity index (χ0v) is 14.0. The number of nitrogens with zero attached hydrogens (tertiary/aromatic N) is 1. The summed E-state index contributed by atoms with van der Waals surface area (Å²) in [4.78, 5) is 17.1. The van der Waals surface area contributed by atoms with Gasteiger partial charge in [0.15, 0.2) is 5.82 Å². The second kappa shape index (κ2) is 6.98. The first-order valence-corrected chi connectivity index (χ1v) is 8.25. The maximum Gasteiger partial charge on any atom is 0.267 e. The van der Waals surface area contributed by atoms with Crippen molar-refractivity contribution in [1.29, 1.82) is 0 Å². The number of thiazole rings is 1. The molecular formula is C18H14F2N2O2S. The summed E-state index contributed by atoms with van der Waals surface area (Å²) in [6, 6.07) is 9.83. The van der Waals surface area contributed by atoms with Crippen molar-refractivity contribution in [2.24, 2.45) is 0 Å². The summed E-state index contributed by atoms with van der Waals surface area (Å²) in [6.45, 7) is 1.68. The number of carbonyl (C=O) groups is 1. The van der Waals surface area contributed by atoms with Crippen LogP contribution in [0.3, 0.4) is 0 Å². The van der Waals surface area contributed by atoms with Crippen LogP contribution >= 0.6 is 11.3 Å². The van der Waals surface area contributed by atoms with E-state index in [-0.39, 0.29) is 17.3 Å². The molecule has 0 fully saturated rings. The van der Waals surface area contributed by atoms with Gasteiger partial charge in [-0.15, -0.1) is 11.3 Å². The smallest absolute Gasteiger partial charge is 0.267 e. The lowest BCUT2D eigenvalue weighted by molar-refractivity contribution is 0.102. The van der Waals surface area contributed by atoms with Crippen LogP contribution in [-0.2, 0) is 6.42 Å². The van der Waals surface area contributed by atoms with Crippen LogP contribution in [0.5, 0.6) is 5.75 Å². The molecule has 3 rings (SSSR count). The Labute approximate surface area is 146 Å². The quantitative estimate of drug-likeness (QED) is 0.683. The number of hydrogen-bond donors (Lipinski definition) is 2. The molecule has 0 unspecified atom stereocenters. The number of phenolic OH excluding ortho intramolecular Hbond substituents is 1. The number of rotatable bonds is 4. The van der Waals surface area contributed by atoms with Crippen LogP contribution in [0.4, 0.5) is 14.5 Å². The van der Waals surface area contributed by atoms with Gasteiger partial charge in [-0.1, -0.05) is 18.2 Å². The lowest BCUT2D eigenvalue weighted by Crippen LogP contribution is -2.12. The Balaban J connectivity index is 1.80. The molecule has 1 heterocycles. The first kappa shape index (κ1) is 17.0. The van der Waals surface area contributed by atoms with Gasteiger partial charge >= 0.3 is 0 Å². The van der Waals surface area contributed by atoms with Crippen molar-refractivity contribution in [3.63, 3.8) is 0 Å². The van der Waals surface area contributed by atoms with Gasteiger partial charge < -0.3 is 10.4 Å². The average molecular weight is 360 g/mol. The highest BCUT2D eigenvalue weighted by Gasteiger charge is 2.18. The number of hydrogen-bond acceptors (Lipinski definition) is 4. The van der Waals surface area contributed by atoms with E-state index in [0.29, 0.717) is 22.0 Å². The lowest BCUT2D eigenvalue weighted by atomic mass is 10.1. The van der Waals surface area contributed by atoms with Crippen molar-refractivity contribution in [3.05, 3.63) is 75.2 Å². The highest BCUT2D eigenvalue weighted by atomic mass is 32.1. The number of phenols is 1. The van der Waals surface area contributed by atoms with Gasteiger partial charge in [-0.25, -0.2) is 13.8 Å². The van der Waals surface area contributed by atoms with Gasteiger partial charge in [0.1, 0.15) is 22.1 Å². The van der Waals surface area contributed by atoms with Crippen LogP contribution in [0.25, 0.3) is 0 Å². The Morgan fingerprint density at radius 3 is 2.60 bits per heavy atom. The number of para-hydroxylation sites is 1. The first-order valence-electron chi connectivity index (χ1n) is 7.43. The molecule has 4 nitrogen and oxygen atoms in total. The molecule has 2 N–H and O–H groups in total. The van der Waals surface area contributed by atoms with E-state index in [4.69, 9.17) is 0 Å². The second-order valence-electron chi connectivity index (χ2n) is 5.41. The monoisotopic (exact) mass is 360 g/mol. The van der Waals surface area contributed by atoms with Crippen molar-refractivity contribution in [1.82, 2.24) is 4.98 Å². The van der Waals surface area contributed by atoms with Crippen LogP contribution in [0.1, 0.15) is 25.9 Å². The number of amides is 1. The number of aromatic hydroxyl groups is 1. The number of aryl methyl sites for hydroxylation is 1. The fraction of sp³-hybridized carbons (Fsp3) is 0.111. The predicted octanol–water partition coefficient (Wildman–Crippen LogP) is 4.28. The molecule has 1 amide bonds. The SMILES string of the molecule is Cc1nc(Cc2ccc(F)cc2)sc1C(=O)Nc1c(O)cccc1F. The molecular weight excluding hydrogens is 346 g/mol. The molecule has 0 aliphatic carbocycles. The van der Waals surface area contributed by atoms with Gasteiger partial charge in [0.25, 0.3) is 5.91 Å². The van der Waals surface area contributed by atoms with Crippen molar-refractivity contribution in [2.45, 2.75) is 13.3 Å². The number of benzene rings is 2. The van der Waals surface area contributed by atoms with Gasteiger partial charge in [-0.2, -0.15) is 0 Å². The third-order valence-corrected chi connectivity index (χ3v) is 4.70. The van der Waals surface area contributed by atoms with Crippen LogP contribution in [-0.4, -0.2) is 16.0 Å². The molecule has 0 saturated heterocycles. The highest BCUT2D eigenvalue weighted by Crippen LogP contribution is 2.28. The molecule has 7 heteroatoms. The molecule has 1 aromatic heterocycles. The van der Waals surface area contributed by atoms with Gasteiger partial charge in [0.2, 0.25) is 0 Å². The van der Waals surface area contributed by atoms with E-state index < -0.39 is 11.7 Å². The van der Waals surface area contributed by atoms with Crippen molar-refractivity contribution >= 4 is 22.9 Å². The molecule has 2 aromatic carbocycles. The second-order valence-corrected chi connectivity index (χ2v) is 6.50. The van der Waals surface area contributed by atoms with Crippen LogP contribution in [0, 0.1) is 18.6 Å². The summed E-state index contributed by atoms with van der Waals surface area (Å²) in [5, 5.41) is 12.7. The fourth-order valence-electron chi connectivity index (χ4n) is 2.32. The van der Waals surface area contributed by atoms with E-state index in [1.807, 2.05) is 0 Å². The molecule has 0 bridgehead atoms. The summed E-state index contributed by atoms with van der Waals surface area (Å²) in [6.07, 6.45) is 0.462. The standard InChI is InChI=1S/C18H14F2N2O2S/c1-10-17(18(24)22-16-13(20)3-2-4-14(16)23)25-15(21-10)9-11-5-7-12(19)8-6-11/h2-8,23H,9H2,1H3,(H,22,24). The Bertz CT molecular complexity index is 903. The average Bonchev–Trinajstić information content (AvgIpc) is 2.94. The van der Waals surface area contributed by atoms with E-state index in [0.717, 1.165) is 11.6 Å².